The van der Waals surface area contributed by atoms with Gasteiger partial charge in [-0.1, -0.05) is 26.0 Å². The Morgan fingerprint density at radius 1 is 1.24 bits per heavy atom. The van der Waals surface area contributed by atoms with E-state index >= 15 is 0 Å². The van der Waals surface area contributed by atoms with Crippen molar-refractivity contribution in [1.82, 2.24) is 15.6 Å². The lowest BCUT2D eigenvalue weighted by molar-refractivity contribution is 0.271. The van der Waals surface area contributed by atoms with E-state index in [2.05, 4.69) is 53.5 Å². The number of guanidine groups is 1. The van der Waals surface area contributed by atoms with Crippen LogP contribution in [0.15, 0.2) is 34.8 Å². The third-order valence-corrected chi connectivity index (χ3v) is 4.74. The lowest BCUT2D eigenvalue weighted by Crippen LogP contribution is -2.38. The molecule has 2 aromatic rings. The van der Waals surface area contributed by atoms with Crippen molar-refractivity contribution in [2.75, 3.05) is 13.7 Å². The fourth-order valence-corrected chi connectivity index (χ4v) is 2.98. The second-order valence-electron chi connectivity index (χ2n) is 6.43. The Balaban J connectivity index is 1.88. The molecule has 1 unspecified atom stereocenters. The summed E-state index contributed by atoms with van der Waals surface area (Å²) in [5.41, 5.74) is 4.13. The summed E-state index contributed by atoms with van der Waals surface area (Å²) in [6, 6.07) is 8.37. The summed E-state index contributed by atoms with van der Waals surface area (Å²) in [5, 5.41) is 6.76. The molecular formula is C19H28N4OS. The molecule has 0 amide bonds. The molecule has 1 heterocycles. The molecule has 0 radical (unpaired) electrons. The van der Waals surface area contributed by atoms with Gasteiger partial charge in [0.05, 0.1) is 30.4 Å². The van der Waals surface area contributed by atoms with Crippen LogP contribution < -0.4 is 15.4 Å². The predicted octanol–water partition coefficient (Wildman–Crippen LogP) is 3.91. The normalized spacial score (nSPS) is 13.0. The molecule has 6 heteroatoms. The predicted molar refractivity (Wildman–Crippen MR) is 105 cm³/mol. The number of aromatic nitrogens is 1. The Morgan fingerprint density at radius 2 is 1.96 bits per heavy atom. The fraction of sp³-hybridized carbons (Fsp3) is 0.474. The summed E-state index contributed by atoms with van der Waals surface area (Å²) >= 11 is 1.66. The Labute approximate surface area is 154 Å². The monoisotopic (exact) mass is 360 g/mol. The zero-order chi connectivity index (χ0) is 18.2. The smallest absolute Gasteiger partial charge is 0.191 e. The first kappa shape index (κ1) is 19.2. The first-order chi connectivity index (χ1) is 12.0. The van der Waals surface area contributed by atoms with Crippen LogP contribution in [0.3, 0.4) is 0 Å². The molecule has 1 aromatic heterocycles. The van der Waals surface area contributed by atoms with E-state index in [1.54, 1.807) is 18.4 Å². The maximum absolute atomic E-state index is 5.73. The van der Waals surface area contributed by atoms with Gasteiger partial charge in [0.1, 0.15) is 5.75 Å². The molecule has 5 nitrogen and oxygen atoms in total. The van der Waals surface area contributed by atoms with Crippen LogP contribution in [0.1, 0.15) is 42.9 Å². The van der Waals surface area contributed by atoms with Crippen molar-refractivity contribution in [3.05, 3.63) is 45.9 Å². The number of hydrogen-bond donors (Lipinski definition) is 2. The molecule has 0 saturated carbocycles. The second kappa shape index (κ2) is 9.42. The standard InChI is InChI=1S/C19H28N4OS/c1-13(2)11-24-17-8-6-16(7-9-17)14(3)23-19(20-5)21-10-18-15(4)22-12-25-18/h6-9,12-14H,10-11H2,1-5H3,(H2,20,21,23). The third-order valence-electron chi connectivity index (χ3n) is 3.80. The fourth-order valence-electron chi connectivity index (χ4n) is 2.26. The minimum Gasteiger partial charge on any atom is -0.493 e. The highest BCUT2D eigenvalue weighted by Crippen LogP contribution is 2.18. The van der Waals surface area contributed by atoms with Gasteiger partial charge in [-0.2, -0.15) is 0 Å². The van der Waals surface area contributed by atoms with Crippen LogP contribution in [0.2, 0.25) is 0 Å². The van der Waals surface area contributed by atoms with E-state index in [1.807, 2.05) is 24.6 Å². The number of nitrogens with zero attached hydrogens (tertiary/aromatic N) is 2. The molecular weight excluding hydrogens is 332 g/mol. The number of aliphatic imine (C=N–C) groups is 1. The van der Waals surface area contributed by atoms with Crippen molar-refractivity contribution >= 4 is 17.3 Å². The first-order valence-corrected chi connectivity index (χ1v) is 9.46. The zero-order valence-electron chi connectivity index (χ0n) is 15.7. The Hall–Kier alpha value is -2.08. The molecule has 25 heavy (non-hydrogen) atoms. The summed E-state index contributed by atoms with van der Waals surface area (Å²) in [6.07, 6.45) is 0. The average molecular weight is 361 g/mol. The molecule has 0 aliphatic carbocycles. The molecule has 0 fully saturated rings. The van der Waals surface area contributed by atoms with Crippen LogP contribution in [-0.4, -0.2) is 24.6 Å². The molecule has 0 aliphatic rings. The van der Waals surface area contributed by atoms with E-state index in [-0.39, 0.29) is 6.04 Å². The Morgan fingerprint density at radius 3 is 2.52 bits per heavy atom. The van der Waals surface area contributed by atoms with Crippen LogP contribution in [0.5, 0.6) is 5.75 Å². The van der Waals surface area contributed by atoms with E-state index < -0.39 is 0 Å². The highest BCUT2D eigenvalue weighted by atomic mass is 32.1. The van der Waals surface area contributed by atoms with Crippen molar-refractivity contribution in [2.45, 2.75) is 40.3 Å². The molecule has 2 N–H and O–H groups in total. The Bertz CT molecular complexity index is 679. The van der Waals surface area contributed by atoms with Crippen LogP contribution in [0.25, 0.3) is 0 Å². The molecule has 136 valence electrons. The van der Waals surface area contributed by atoms with Crippen molar-refractivity contribution in [1.29, 1.82) is 0 Å². The topological polar surface area (TPSA) is 58.5 Å². The lowest BCUT2D eigenvalue weighted by Gasteiger charge is -2.18. The zero-order valence-corrected chi connectivity index (χ0v) is 16.5. The SMILES string of the molecule is CN=C(NCc1scnc1C)NC(C)c1ccc(OCC(C)C)cc1. The van der Waals surface area contributed by atoms with Crippen LogP contribution in [0, 0.1) is 12.8 Å². The van der Waals surface area contributed by atoms with Gasteiger partial charge in [0.15, 0.2) is 5.96 Å². The number of nitrogens with one attached hydrogen (secondary N) is 2. The number of rotatable bonds is 7. The molecule has 0 aliphatic heterocycles. The van der Waals surface area contributed by atoms with Gasteiger partial charge < -0.3 is 15.4 Å². The lowest BCUT2D eigenvalue weighted by atomic mass is 10.1. The number of hydrogen-bond acceptors (Lipinski definition) is 4. The number of thiazole rings is 1. The minimum atomic E-state index is 0.146. The molecule has 0 saturated heterocycles. The number of ether oxygens (including phenoxy) is 1. The third kappa shape index (κ3) is 6.05. The van der Waals surface area contributed by atoms with Gasteiger partial charge >= 0.3 is 0 Å². The van der Waals surface area contributed by atoms with Gasteiger partial charge in [-0.25, -0.2) is 4.98 Å². The summed E-state index contributed by atoms with van der Waals surface area (Å²) in [6.45, 7) is 9.90. The second-order valence-corrected chi connectivity index (χ2v) is 7.37. The van der Waals surface area contributed by atoms with Crippen molar-refractivity contribution < 1.29 is 4.74 Å². The first-order valence-electron chi connectivity index (χ1n) is 8.58. The van der Waals surface area contributed by atoms with Crippen molar-refractivity contribution in [2.24, 2.45) is 10.9 Å². The molecule has 1 aromatic carbocycles. The van der Waals surface area contributed by atoms with Gasteiger partial charge in [0.2, 0.25) is 0 Å². The highest BCUT2D eigenvalue weighted by Gasteiger charge is 2.09. The minimum absolute atomic E-state index is 0.146. The van der Waals surface area contributed by atoms with Gasteiger partial charge in [-0.3, -0.25) is 4.99 Å². The van der Waals surface area contributed by atoms with E-state index in [4.69, 9.17) is 4.74 Å². The van der Waals surface area contributed by atoms with Gasteiger partial charge in [0.25, 0.3) is 0 Å². The van der Waals surface area contributed by atoms with E-state index in [1.165, 1.54) is 10.4 Å². The summed E-state index contributed by atoms with van der Waals surface area (Å²) < 4.78 is 5.73. The van der Waals surface area contributed by atoms with E-state index in [9.17, 15) is 0 Å². The maximum Gasteiger partial charge on any atom is 0.191 e. The number of aryl methyl sites for hydroxylation is 1. The summed E-state index contributed by atoms with van der Waals surface area (Å²) in [4.78, 5) is 9.80. The Kier molecular flexibility index (Phi) is 7.25. The van der Waals surface area contributed by atoms with Crippen molar-refractivity contribution in [3.8, 4) is 5.75 Å². The van der Waals surface area contributed by atoms with Crippen molar-refractivity contribution in [3.63, 3.8) is 0 Å². The van der Waals surface area contributed by atoms with Crippen LogP contribution in [0.4, 0.5) is 0 Å². The van der Waals surface area contributed by atoms with Crippen LogP contribution >= 0.6 is 11.3 Å². The quantitative estimate of drug-likeness (QED) is 0.580. The summed E-state index contributed by atoms with van der Waals surface area (Å²) in [7, 11) is 1.78. The molecule has 0 spiro atoms. The molecule has 1 atom stereocenters. The average Bonchev–Trinajstić information content (AvgIpc) is 3.02. The van der Waals surface area contributed by atoms with E-state index in [0.29, 0.717) is 5.92 Å². The van der Waals surface area contributed by atoms with Gasteiger partial charge in [-0.05, 0) is 37.5 Å². The summed E-state index contributed by atoms with van der Waals surface area (Å²) in [5.74, 6) is 2.21. The van der Waals surface area contributed by atoms with E-state index in [0.717, 1.165) is 30.6 Å². The highest BCUT2D eigenvalue weighted by molar-refractivity contribution is 7.09. The van der Waals surface area contributed by atoms with Gasteiger partial charge in [-0.15, -0.1) is 11.3 Å². The van der Waals surface area contributed by atoms with Gasteiger partial charge in [0, 0.05) is 11.9 Å². The number of benzene rings is 1. The largest absolute Gasteiger partial charge is 0.493 e. The molecule has 2 rings (SSSR count). The maximum atomic E-state index is 5.73. The molecule has 0 bridgehead atoms. The van der Waals surface area contributed by atoms with Crippen LogP contribution in [-0.2, 0) is 6.54 Å².